The van der Waals surface area contributed by atoms with Crippen molar-refractivity contribution in [2.75, 3.05) is 31.6 Å². The van der Waals surface area contributed by atoms with Crippen LogP contribution in [0.3, 0.4) is 0 Å². The molecular weight excluding hydrogens is 386 g/mol. The molecule has 2 atom stereocenters. The van der Waals surface area contributed by atoms with Crippen LogP contribution in [0.15, 0.2) is 12.1 Å². The number of piperazine rings is 1. The molecule has 4 heterocycles. The predicted molar refractivity (Wildman–Crippen MR) is 112 cm³/mol. The molecule has 1 aliphatic carbocycles. The van der Waals surface area contributed by atoms with Crippen LogP contribution in [-0.2, 0) is 17.8 Å². The fourth-order valence-electron chi connectivity index (χ4n) is 5.93. The topological polar surface area (TPSA) is 39.7 Å². The van der Waals surface area contributed by atoms with Gasteiger partial charge in [0.2, 0.25) is 11.8 Å². The number of fused-ring (bicyclic) bond motifs is 3. The Kier molecular flexibility index (Phi) is 5.20. The molecule has 1 aromatic heterocycles. The lowest BCUT2D eigenvalue weighted by Crippen LogP contribution is -2.52. The zero-order valence-electron chi connectivity index (χ0n) is 17.8. The SMILES string of the molecule is CN1CC2CCC(C1)N2c1ccc2c(n1)CCN(C(=O)CC1CCC(F)(F)CC1)C2. The second-order valence-electron chi connectivity index (χ2n) is 9.86. The van der Waals surface area contributed by atoms with Gasteiger partial charge < -0.3 is 14.7 Å². The van der Waals surface area contributed by atoms with Gasteiger partial charge in [-0.2, -0.15) is 0 Å². The Labute approximate surface area is 177 Å². The molecule has 0 N–H and O–H groups in total. The van der Waals surface area contributed by atoms with E-state index in [1.807, 2.05) is 4.90 Å². The lowest BCUT2D eigenvalue weighted by Gasteiger charge is -2.41. The summed E-state index contributed by atoms with van der Waals surface area (Å²) in [5, 5.41) is 0. The molecule has 0 radical (unpaired) electrons. The van der Waals surface area contributed by atoms with Crippen molar-refractivity contribution >= 4 is 11.7 Å². The number of carbonyl (C=O) groups is 1. The number of halogens is 2. The third-order valence-electron chi connectivity index (χ3n) is 7.62. The lowest BCUT2D eigenvalue weighted by atomic mass is 9.84. The van der Waals surface area contributed by atoms with Crippen LogP contribution in [0.25, 0.3) is 0 Å². The highest BCUT2D eigenvalue weighted by Gasteiger charge is 2.40. The molecule has 0 aromatic carbocycles. The molecule has 4 aliphatic rings. The Bertz CT molecular complexity index is 792. The van der Waals surface area contributed by atoms with E-state index in [9.17, 15) is 13.6 Å². The van der Waals surface area contributed by atoms with Gasteiger partial charge in [-0.25, -0.2) is 13.8 Å². The summed E-state index contributed by atoms with van der Waals surface area (Å²) in [5.74, 6) is -1.22. The van der Waals surface area contributed by atoms with Crippen LogP contribution in [0.4, 0.5) is 14.6 Å². The maximum Gasteiger partial charge on any atom is 0.248 e. The summed E-state index contributed by atoms with van der Waals surface area (Å²) >= 11 is 0. The largest absolute Gasteiger partial charge is 0.348 e. The van der Waals surface area contributed by atoms with E-state index >= 15 is 0 Å². The van der Waals surface area contributed by atoms with E-state index in [0.29, 0.717) is 44.4 Å². The van der Waals surface area contributed by atoms with Crippen molar-refractivity contribution < 1.29 is 13.6 Å². The predicted octanol–water partition coefficient (Wildman–Crippen LogP) is 3.46. The summed E-state index contributed by atoms with van der Waals surface area (Å²) < 4.78 is 26.7. The maximum atomic E-state index is 13.4. The number of rotatable bonds is 3. The molecule has 5 nitrogen and oxygen atoms in total. The fraction of sp³-hybridized carbons (Fsp3) is 0.739. The van der Waals surface area contributed by atoms with Gasteiger partial charge in [-0.05, 0) is 50.3 Å². The zero-order valence-corrected chi connectivity index (χ0v) is 17.8. The summed E-state index contributed by atoms with van der Waals surface area (Å²) in [5.41, 5.74) is 2.25. The van der Waals surface area contributed by atoms with Crippen LogP contribution in [0.1, 0.15) is 56.2 Å². The summed E-state index contributed by atoms with van der Waals surface area (Å²) in [4.78, 5) is 24.6. The van der Waals surface area contributed by atoms with Crippen LogP contribution in [0.5, 0.6) is 0 Å². The third kappa shape index (κ3) is 3.93. The van der Waals surface area contributed by atoms with Crippen LogP contribution in [-0.4, -0.2) is 65.4 Å². The molecule has 164 valence electrons. The number of likely N-dealkylation sites (tertiary alicyclic amines) is 1. The molecular formula is C23H32F2N4O. The number of aromatic nitrogens is 1. The molecule has 2 unspecified atom stereocenters. The monoisotopic (exact) mass is 418 g/mol. The number of nitrogens with zero attached hydrogens (tertiary/aromatic N) is 4. The van der Waals surface area contributed by atoms with E-state index in [4.69, 9.17) is 4.98 Å². The standard InChI is InChI=1S/C23H32F2N4O/c1-27-14-18-3-4-19(15-27)29(18)21-5-2-17-13-28(11-8-20(17)26-21)22(30)12-16-6-9-23(24,25)10-7-16/h2,5,16,18-19H,3-4,6-15H2,1H3. The van der Waals surface area contributed by atoms with Gasteiger partial charge >= 0.3 is 0 Å². The van der Waals surface area contributed by atoms with E-state index in [1.54, 1.807) is 0 Å². The normalized spacial score (nSPS) is 29.2. The summed E-state index contributed by atoms with van der Waals surface area (Å²) in [6.45, 7) is 3.48. The first-order valence-corrected chi connectivity index (χ1v) is 11.5. The Balaban J connectivity index is 1.22. The van der Waals surface area contributed by atoms with Crippen molar-refractivity contribution in [3.05, 3.63) is 23.4 Å². The van der Waals surface area contributed by atoms with E-state index in [0.717, 1.165) is 36.6 Å². The average molecular weight is 419 g/mol. The van der Waals surface area contributed by atoms with Gasteiger partial charge in [0.25, 0.3) is 0 Å². The second-order valence-corrected chi connectivity index (χ2v) is 9.86. The van der Waals surface area contributed by atoms with E-state index < -0.39 is 5.92 Å². The molecule has 1 amide bonds. The highest BCUT2D eigenvalue weighted by atomic mass is 19.3. The Morgan fingerprint density at radius 1 is 1.13 bits per heavy atom. The van der Waals surface area contributed by atoms with Gasteiger partial charge in [0.1, 0.15) is 5.82 Å². The lowest BCUT2D eigenvalue weighted by molar-refractivity contribution is -0.134. The molecule has 3 aliphatic heterocycles. The van der Waals surface area contributed by atoms with E-state index in [-0.39, 0.29) is 24.7 Å². The van der Waals surface area contributed by atoms with Crippen molar-refractivity contribution in [2.24, 2.45) is 5.92 Å². The van der Waals surface area contributed by atoms with E-state index in [1.165, 1.54) is 12.8 Å². The minimum Gasteiger partial charge on any atom is -0.348 e. The van der Waals surface area contributed by atoms with Crippen molar-refractivity contribution in [3.63, 3.8) is 0 Å². The highest BCUT2D eigenvalue weighted by molar-refractivity contribution is 5.76. The molecule has 0 spiro atoms. The van der Waals surface area contributed by atoms with Crippen molar-refractivity contribution in [1.82, 2.24) is 14.8 Å². The summed E-state index contributed by atoms with van der Waals surface area (Å²) in [7, 11) is 2.20. The van der Waals surface area contributed by atoms with Crippen LogP contribution in [0.2, 0.25) is 0 Å². The number of alkyl halides is 2. The van der Waals surface area contributed by atoms with Gasteiger partial charge in [-0.15, -0.1) is 0 Å². The number of anilines is 1. The Morgan fingerprint density at radius 2 is 1.83 bits per heavy atom. The second kappa shape index (κ2) is 7.74. The quantitative estimate of drug-likeness (QED) is 0.754. The zero-order chi connectivity index (χ0) is 20.9. The first kappa shape index (κ1) is 20.2. The molecule has 7 heteroatoms. The highest BCUT2D eigenvalue weighted by Crippen LogP contribution is 2.38. The number of amides is 1. The molecule has 1 aromatic rings. The number of pyridine rings is 1. The maximum absolute atomic E-state index is 13.4. The number of hydrogen-bond acceptors (Lipinski definition) is 4. The van der Waals surface area contributed by atoms with Crippen molar-refractivity contribution in [3.8, 4) is 0 Å². The van der Waals surface area contributed by atoms with Crippen LogP contribution < -0.4 is 4.90 Å². The minimum atomic E-state index is -2.53. The molecule has 2 saturated heterocycles. The Morgan fingerprint density at radius 3 is 2.53 bits per heavy atom. The summed E-state index contributed by atoms with van der Waals surface area (Å²) in [6.07, 6.45) is 4.43. The fourth-order valence-corrected chi connectivity index (χ4v) is 5.93. The molecule has 30 heavy (non-hydrogen) atoms. The van der Waals surface area contributed by atoms with Crippen LogP contribution in [0, 0.1) is 5.92 Å². The molecule has 3 fully saturated rings. The van der Waals surface area contributed by atoms with Crippen LogP contribution >= 0.6 is 0 Å². The molecule has 5 rings (SSSR count). The molecule has 2 bridgehead atoms. The first-order chi connectivity index (χ1) is 14.4. The number of carbonyl (C=O) groups excluding carboxylic acids is 1. The Hall–Kier alpha value is -1.76. The number of likely N-dealkylation sites (N-methyl/N-ethyl adjacent to an activating group) is 1. The minimum absolute atomic E-state index is 0.0746. The summed E-state index contributed by atoms with van der Waals surface area (Å²) in [6, 6.07) is 5.40. The van der Waals surface area contributed by atoms with Gasteiger partial charge in [0, 0.05) is 69.6 Å². The average Bonchev–Trinajstić information content (AvgIpc) is 2.99. The third-order valence-corrected chi connectivity index (χ3v) is 7.62. The van der Waals surface area contributed by atoms with Gasteiger partial charge in [0.15, 0.2) is 0 Å². The van der Waals surface area contributed by atoms with Crippen molar-refractivity contribution in [1.29, 1.82) is 0 Å². The van der Waals surface area contributed by atoms with Gasteiger partial charge in [0.05, 0.1) is 0 Å². The number of hydrogen-bond donors (Lipinski definition) is 0. The van der Waals surface area contributed by atoms with Crippen molar-refractivity contribution in [2.45, 2.75) is 75.9 Å². The van der Waals surface area contributed by atoms with Gasteiger partial charge in [-0.1, -0.05) is 6.07 Å². The van der Waals surface area contributed by atoms with Gasteiger partial charge in [-0.3, -0.25) is 4.79 Å². The molecule has 1 saturated carbocycles. The smallest absolute Gasteiger partial charge is 0.248 e. The first-order valence-electron chi connectivity index (χ1n) is 11.5. The van der Waals surface area contributed by atoms with E-state index in [2.05, 4.69) is 29.0 Å².